The highest BCUT2D eigenvalue weighted by atomic mass is 15.0. The minimum atomic E-state index is 0.997. The summed E-state index contributed by atoms with van der Waals surface area (Å²) in [5, 5.41) is 14.4. The summed E-state index contributed by atoms with van der Waals surface area (Å²) in [4.78, 5) is 0. The molecule has 0 spiro atoms. The Morgan fingerprint density at radius 3 is 0.825 bits per heavy atom. The van der Waals surface area contributed by atoms with Gasteiger partial charge in [-0.15, -0.1) is 0 Å². The van der Waals surface area contributed by atoms with E-state index in [0.717, 1.165) is 56.6 Å². The zero-order valence-electron chi connectivity index (χ0n) is 22.0. The third kappa shape index (κ3) is 6.14. The summed E-state index contributed by atoms with van der Waals surface area (Å²) in [5.74, 6) is 0. The Labute approximate surface area is 235 Å². The van der Waals surface area contributed by atoms with Crippen molar-refractivity contribution >= 4 is 45.5 Å². The second-order valence-electron chi connectivity index (χ2n) is 9.48. The van der Waals surface area contributed by atoms with Crippen molar-refractivity contribution in [2.24, 2.45) is 0 Å². The average Bonchev–Trinajstić information content (AvgIpc) is 3.01. The lowest BCUT2D eigenvalue weighted by molar-refractivity contribution is 1.48. The lowest BCUT2D eigenvalue weighted by Gasteiger charge is -2.18. The number of para-hydroxylation sites is 4. The van der Waals surface area contributed by atoms with Gasteiger partial charge in [0.2, 0.25) is 0 Å². The lowest BCUT2D eigenvalue weighted by Crippen LogP contribution is -1.99. The maximum Gasteiger partial charge on any atom is 0.0629 e. The van der Waals surface area contributed by atoms with E-state index in [1.54, 1.807) is 0 Å². The van der Waals surface area contributed by atoms with Crippen LogP contribution in [-0.2, 0) is 0 Å². The molecular formula is C36H30N4. The van der Waals surface area contributed by atoms with Crippen LogP contribution in [0.2, 0.25) is 0 Å². The number of benzene rings is 6. The highest BCUT2D eigenvalue weighted by Crippen LogP contribution is 2.37. The predicted octanol–water partition coefficient (Wildman–Crippen LogP) is 10.3. The van der Waals surface area contributed by atoms with Gasteiger partial charge >= 0.3 is 0 Å². The van der Waals surface area contributed by atoms with Crippen molar-refractivity contribution in [2.75, 3.05) is 21.3 Å². The molecule has 0 saturated carbocycles. The Bertz CT molecular complexity index is 1540. The van der Waals surface area contributed by atoms with Crippen LogP contribution in [-0.4, -0.2) is 0 Å². The number of rotatable bonds is 9. The number of anilines is 8. The largest absolute Gasteiger partial charge is 0.354 e. The first-order valence-corrected chi connectivity index (χ1v) is 13.4. The number of hydrogen-bond donors (Lipinski definition) is 4. The zero-order valence-corrected chi connectivity index (χ0v) is 22.0. The van der Waals surface area contributed by atoms with Crippen LogP contribution in [0, 0.1) is 0 Å². The van der Waals surface area contributed by atoms with Gasteiger partial charge in [0.15, 0.2) is 0 Å². The van der Waals surface area contributed by atoms with Crippen LogP contribution in [0.5, 0.6) is 0 Å². The van der Waals surface area contributed by atoms with Crippen LogP contribution in [0.1, 0.15) is 0 Å². The molecule has 0 unspecified atom stereocenters. The van der Waals surface area contributed by atoms with Crippen LogP contribution < -0.4 is 21.3 Å². The molecule has 194 valence electrons. The monoisotopic (exact) mass is 518 g/mol. The smallest absolute Gasteiger partial charge is 0.0629 e. The predicted molar refractivity (Wildman–Crippen MR) is 171 cm³/mol. The summed E-state index contributed by atoms with van der Waals surface area (Å²) < 4.78 is 0. The van der Waals surface area contributed by atoms with E-state index in [0.29, 0.717) is 0 Å². The molecule has 6 rings (SSSR count). The summed E-state index contributed by atoms with van der Waals surface area (Å²) in [5.41, 5.74) is 10.4. The van der Waals surface area contributed by atoms with Gasteiger partial charge in [0.1, 0.15) is 0 Å². The minimum Gasteiger partial charge on any atom is -0.354 e. The molecule has 0 saturated heterocycles. The van der Waals surface area contributed by atoms with Crippen LogP contribution in [0.25, 0.3) is 11.1 Å². The first kappa shape index (κ1) is 24.8. The van der Waals surface area contributed by atoms with E-state index >= 15 is 0 Å². The molecule has 0 atom stereocenters. The van der Waals surface area contributed by atoms with Crippen molar-refractivity contribution in [2.45, 2.75) is 0 Å². The fraction of sp³-hybridized carbons (Fsp3) is 0. The lowest BCUT2D eigenvalue weighted by atomic mass is 10.0. The molecule has 0 aliphatic rings. The second kappa shape index (κ2) is 11.9. The molecule has 40 heavy (non-hydrogen) atoms. The highest BCUT2D eigenvalue weighted by Gasteiger charge is 2.11. The molecule has 0 amide bonds. The maximum absolute atomic E-state index is 3.61. The molecule has 0 aliphatic heterocycles. The molecule has 0 aliphatic carbocycles. The molecule has 0 heterocycles. The molecule has 0 fully saturated rings. The quantitative estimate of drug-likeness (QED) is 0.154. The second-order valence-corrected chi connectivity index (χ2v) is 9.48. The summed E-state index contributed by atoms with van der Waals surface area (Å²) in [6.07, 6.45) is 0. The highest BCUT2D eigenvalue weighted by molar-refractivity contribution is 5.87. The van der Waals surface area contributed by atoms with Crippen LogP contribution in [0.3, 0.4) is 0 Å². The van der Waals surface area contributed by atoms with Crippen LogP contribution >= 0.6 is 0 Å². The third-order valence-corrected chi connectivity index (χ3v) is 6.58. The maximum atomic E-state index is 3.61. The van der Waals surface area contributed by atoms with Crippen molar-refractivity contribution < 1.29 is 0 Å². The summed E-state index contributed by atoms with van der Waals surface area (Å²) in [6, 6.07) is 53.9. The Morgan fingerprint density at radius 1 is 0.250 bits per heavy atom. The van der Waals surface area contributed by atoms with Crippen molar-refractivity contribution in [3.63, 3.8) is 0 Å². The first-order chi connectivity index (χ1) is 19.8. The molecule has 4 nitrogen and oxygen atoms in total. The Kier molecular flexibility index (Phi) is 7.40. The van der Waals surface area contributed by atoms with E-state index in [9.17, 15) is 0 Å². The molecule has 6 aromatic carbocycles. The van der Waals surface area contributed by atoms with Crippen molar-refractivity contribution in [3.8, 4) is 11.1 Å². The molecule has 0 bridgehead atoms. The van der Waals surface area contributed by atoms with Crippen LogP contribution in [0.15, 0.2) is 158 Å². The number of hydrogen-bond acceptors (Lipinski definition) is 4. The van der Waals surface area contributed by atoms with Gasteiger partial charge < -0.3 is 21.3 Å². The van der Waals surface area contributed by atoms with E-state index < -0.39 is 0 Å². The van der Waals surface area contributed by atoms with Gasteiger partial charge in [-0.3, -0.25) is 0 Å². The topological polar surface area (TPSA) is 48.1 Å². The summed E-state index contributed by atoms with van der Waals surface area (Å²) in [6.45, 7) is 0. The number of nitrogens with one attached hydrogen (secondary N) is 4. The van der Waals surface area contributed by atoms with Gasteiger partial charge in [0.25, 0.3) is 0 Å². The normalized spacial score (nSPS) is 10.5. The van der Waals surface area contributed by atoms with E-state index in [1.165, 1.54) is 0 Å². The molecule has 0 aromatic heterocycles. The van der Waals surface area contributed by atoms with Gasteiger partial charge in [-0.1, -0.05) is 84.9 Å². The first-order valence-electron chi connectivity index (χ1n) is 13.4. The van der Waals surface area contributed by atoms with E-state index in [1.807, 2.05) is 72.8 Å². The Hall–Kier alpha value is -5.48. The Balaban J connectivity index is 1.38. The van der Waals surface area contributed by atoms with E-state index in [4.69, 9.17) is 0 Å². The zero-order chi connectivity index (χ0) is 27.0. The van der Waals surface area contributed by atoms with Crippen molar-refractivity contribution in [1.82, 2.24) is 0 Å². The van der Waals surface area contributed by atoms with Gasteiger partial charge in [-0.2, -0.15) is 0 Å². The van der Waals surface area contributed by atoms with Gasteiger partial charge in [0, 0.05) is 22.7 Å². The van der Waals surface area contributed by atoms with Gasteiger partial charge in [-0.25, -0.2) is 0 Å². The van der Waals surface area contributed by atoms with E-state index in [-0.39, 0.29) is 0 Å². The third-order valence-electron chi connectivity index (χ3n) is 6.58. The fourth-order valence-electron chi connectivity index (χ4n) is 4.58. The molecular weight excluding hydrogens is 488 g/mol. The minimum absolute atomic E-state index is 0.997. The van der Waals surface area contributed by atoms with E-state index in [2.05, 4.69) is 106 Å². The Morgan fingerprint density at radius 2 is 0.525 bits per heavy atom. The van der Waals surface area contributed by atoms with Crippen molar-refractivity contribution in [3.05, 3.63) is 158 Å². The SMILES string of the molecule is c1ccc(Nc2ccc(-c3ccc(Nc4ccccc4)c(Nc4ccccc4)c3)cc2Nc2ccccc2)cc1. The molecule has 0 radical (unpaired) electrons. The fourth-order valence-corrected chi connectivity index (χ4v) is 4.58. The summed E-state index contributed by atoms with van der Waals surface area (Å²) >= 11 is 0. The van der Waals surface area contributed by atoms with Crippen LogP contribution in [0.4, 0.5) is 45.5 Å². The van der Waals surface area contributed by atoms with Crippen molar-refractivity contribution in [1.29, 1.82) is 0 Å². The van der Waals surface area contributed by atoms with Gasteiger partial charge in [-0.05, 0) is 83.9 Å². The molecule has 4 heteroatoms. The van der Waals surface area contributed by atoms with Gasteiger partial charge in [0.05, 0.1) is 22.7 Å². The average molecular weight is 519 g/mol. The standard InChI is InChI=1S/C36H30N4/c1-5-13-29(14-6-1)37-33-23-21-27(25-35(33)39-31-17-9-3-10-18-31)28-22-24-34(38-30-15-7-2-8-16-30)36(26-28)40-32-19-11-4-12-20-32/h1-26,37-40H. The molecule has 4 N–H and O–H groups in total. The molecule has 6 aromatic rings. The summed E-state index contributed by atoms with van der Waals surface area (Å²) in [7, 11) is 0.